The molecule has 1 aliphatic carbocycles. The molecule has 1 fully saturated rings. The van der Waals surface area contributed by atoms with Crippen LogP contribution in [0.4, 0.5) is 13.2 Å². The maximum Gasteiger partial charge on any atom is 0.194 e. The van der Waals surface area contributed by atoms with Crippen molar-refractivity contribution in [1.29, 1.82) is 0 Å². The highest BCUT2D eigenvalue weighted by atomic mass is 19.2. The molecule has 19 heavy (non-hydrogen) atoms. The fourth-order valence-electron chi connectivity index (χ4n) is 2.99. The smallest absolute Gasteiger partial charge is 0.194 e. The highest BCUT2D eigenvalue weighted by Gasteiger charge is 2.44. The van der Waals surface area contributed by atoms with Gasteiger partial charge in [-0.25, -0.2) is 13.2 Å². The SMILES string of the molecule is CN(C)C1(C(O)c2ccc(F)c(F)c2F)CCCC1. The van der Waals surface area contributed by atoms with E-state index >= 15 is 0 Å². The van der Waals surface area contributed by atoms with Gasteiger partial charge >= 0.3 is 0 Å². The molecule has 5 heteroatoms. The maximum atomic E-state index is 13.8. The molecule has 2 nitrogen and oxygen atoms in total. The number of aliphatic hydroxyl groups is 1. The predicted octanol–water partition coefficient (Wildman–Crippen LogP) is 3.01. The largest absolute Gasteiger partial charge is 0.386 e. The Morgan fingerprint density at radius 1 is 1.11 bits per heavy atom. The zero-order chi connectivity index (χ0) is 14.2. The minimum Gasteiger partial charge on any atom is -0.386 e. The lowest BCUT2D eigenvalue weighted by molar-refractivity contribution is -0.00716. The van der Waals surface area contributed by atoms with Gasteiger partial charge in [-0.1, -0.05) is 18.9 Å². The zero-order valence-electron chi connectivity index (χ0n) is 11.1. The summed E-state index contributed by atoms with van der Waals surface area (Å²) in [6.07, 6.45) is 2.11. The Morgan fingerprint density at radius 3 is 2.21 bits per heavy atom. The summed E-state index contributed by atoms with van der Waals surface area (Å²) in [5.41, 5.74) is -0.778. The van der Waals surface area contributed by atoms with Crippen LogP contribution in [-0.2, 0) is 0 Å². The van der Waals surface area contributed by atoms with E-state index in [-0.39, 0.29) is 5.56 Å². The number of hydrogen-bond donors (Lipinski definition) is 1. The molecule has 1 aliphatic rings. The Bertz CT molecular complexity index is 470. The number of likely N-dealkylation sites (N-methyl/N-ethyl adjacent to an activating group) is 1. The first-order valence-corrected chi connectivity index (χ1v) is 6.39. The molecule has 0 bridgehead atoms. The Labute approximate surface area is 110 Å². The summed E-state index contributed by atoms with van der Waals surface area (Å²) in [5.74, 6) is -4.05. The summed E-state index contributed by atoms with van der Waals surface area (Å²) in [7, 11) is 3.62. The monoisotopic (exact) mass is 273 g/mol. The van der Waals surface area contributed by atoms with Crippen molar-refractivity contribution in [2.45, 2.75) is 37.3 Å². The summed E-state index contributed by atoms with van der Waals surface area (Å²) in [6.45, 7) is 0. The fourth-order valence-corrected chi connectivity index (χ4v) is 2.99. The van der Waals surface area contributed by atoms with Gasteiger partial charge in [-0.05, 0) is 33.0 Å². The second-order valence-electron chi connectivity index (χ2n) is 5.37. The third-order valence-corrected chi connectivity index (χ3v) is 4.23. The van der Waals surface area contributed by atoms with E-state index in [0.29, 0.717) is 12.8 Å². The van der Waals surface area contributed by atoms with Crippen LogP contribution in [0.25, 0.3) is 0 Å². The summed E-state index contributed by atoms with van der Waals surface area (Å²) in [6, 6.07) is 1.98. The van der Waals surface area contributed by atoms with Crippen LogP contribution in [0.1, 0.15) is 37.4 Å². The molecule has 0 spiro atoms. The van der Waals surface area contributed by atoms with E-state index in [0.717, 1.165) is 25.0 Å². The number of halogens is 3. The van der Waals surface area contributed by atoms with E-state index in [1.807, 2.05) is 19.0 Å². The Hall–Kier alpha value is -1.07. The van der Waals surface area contributed by atoms with Gasteiger partial charge in [0.2, 0.25) is 0 Å². The molecule has 1 N–H and O–H groups in total. The summed E-state index contributed by atoms with van der Waals surface area (Å²) < 4.78 is 40.0. The molecular weight excluding hydrogens is 255 g/mol. The van der Waals surface area contributed by atoms with Crippen molar-refractivity contribution in [2.75, 3.05) is 14.1 Å². The van der Waals surface area contributed by atoms with Crippen LogP contribution >= 0.6 is 0 Å². The van der Waals surface area contributed by atoms with Gasteiger partial charge in [-0.2, -0.15) is 0 Å². The van der Waals surface area contributed by atoms with E-state index in [1.165, 1.54) is 0 Å². The van der Waals surface area contributed by atoms with E-state index in [9.17, 15) is 18.3 Å². The minimum atomic E-state index is -1.52. The van der Waals surface area contributed by atoms with Crippen molar-refractivity contribution in [1.82, 2.24) is 4.90 Å². The van der Waals surface area contributed by atoms with Crippen molar-refractivity contribution in [3.05, 3.63) is 35.1 Å². The normalized spacial score (nSPS) is 19.9. The van der Waals surface area contributed by atoms with Gasteiger partial charge < -0.3 is 10.0 Å². The lowest BCUT2D eigenvalue weighted by Gasteiger charge is -2.40. The first-order valence-electron chi connectivity index (χ1n) is 6.39. The molecule has 1 aromatic rings. The van der Waals surface area contributed by atoms with Gasteiger partial charge in [-0.3, -0.25) is 0 Å². The average Bonchev–Trinajstić information content (AvgIpc) is 2.86. The number of nitrogens with zero attached hydrogens (tertiary/aromatic N) is 1. The number of rotatable bonds is 3. The summed E-state index contributed by atoms with van der Waals surface area (Å²) in [5, 5.41) is 10.5. The second-order valence-corrected chi connectivity index (χ2v) is 5.37. The summed E-state index contributed by atoms with van der Waals surface area (Å²) >= 11 is 0. The standard InChI is InChI=1S/C14H18F3NO/c1-18(2)14(7-3-4-8-14)13(19)9-5-6-10(15)12(17)11(9)16/h5-6,13,19H,3-4,7-8H2,1-2H3. The van der Waals surface area contributed by atoms with E-state index in [1.54, 1.807) is 0 Å². The number of hydrogen-bond acceptors (Lipinski definition) is 2. The van der Waals surface area contributed by atoms with Crippen LogP contribution < -0.4 is 0 Å². The minimum absolute atomic E-state index is 0.172. The van der Waals surface area contributed by atoms with Gasteiger partial charge in [0.05, 0.1) is 5.54 Å². The predicted molar refractivity (Wildman–Crippen MR) is 66.2 cm³/mol. The summed E-state index contributed by atoms with van der Waals surface area (Å²) in [4.78, 5) is 1.85. The van der Waals surface area contributed by atoms with Crippen molar-refractivity contribution in [3.63, 3.8) is 0 Å². The first-order chi connectivity index (χ1) is 8.90. The van der Waals surface area contributed by atoms with Gasteiger partial charge in [-0.15, -0.1) is 0 Å². The Balaban J connectivity index is 2.43. The van der Waals surface area contributed by atoms with Crippen molar-refractivity contribution in [3.8, 4) is 0 Å². The highest BCUT2D eigenvalue weighted by molar-refractivity contribution is 5.26. The lowest BCUT2D eigenvalue weighted by Crippen LogP contribution is -2.47. The van der Waals surface area contributed by atoms with Gasteiger partial charge in [0.25, 0.3) is 0 Å². The molecule has 0 radical (unpaired) electrons. The van der Waals surface area contributed by atoms with Crippen LogP contribution in [0.2, 0.25) is 0 Å². The van der Waals surface area contributed by atoms with Crippen LogP contribution in [0, 0.1) is 17.5 Å². The van der Waals surface area contributed by atoms with E-state index < -0.39 is 29.1 Å². The zero-order valence-corrected chi connectivity index (χ0v) is 11.1. The lowest BCUT2D eigenvalue weighted by atomic mass is 9.84. The van der Waals surface area contributed by atoms with Crippen LogP contribution in [0.5, 0.6) is 0 Å². The molecule has 0 aromatic heterocycles. The molecular formula is C14H18F3NO. The van der Waals surface area contributed by atoms with Crippen LogP contribution in [0.15, 0.2) is 12.1 Å². The fraction of sp³-hybridized carbons (Fsp3) is 0.571. The first kappa shape index (κ1) is 14.3. The molecule has 1 unspecified atom stereocenters. The molecule has 0 heterocycles. The Morgan fingerprint density at radius 2 is 1.68 bits per heavy atom. The number of aliphatic hydroxyl groups excluding tert-OH is 1. The quantitative estimate of drug-likeness (QED) is 0.856. The molecule has 0 aliphatic heterocycles. The van der Waals surface area contributed by atoms with Crippen LogP contribution in [0.3, 0.4) is 0 Å². The molecule has 2 rings (SSSR count). The van der Waals surface area contributed by atoms with E-state index in [2.05, 4.69) is 0 Å². The van der Waals surface area contributed by atoms with Crippen molar-refractivity contribution >= 4 is 0 Å². The van der Waals surface area contributed by atoms with Gasteiger partial charge in [0.15, 0.2) is 17.5 Å². The highest BCUT2D eigenvalue weighted by Crippen LogP contribution is 2.44. The maximum absolute atomic E-state index is 13.8. The van der Waals surface area contributed by atoms with Crippen molar-refractivity contribution < 1.29 is 18.3 Å². The van der Waals surface area contributed by atoms with Gasteiger partial charge in [0, 0.05) is 5.56 Å². The average molecular weight is 273 g/mol. The molecule has 1 aromatic carbocycles. The van der Waals surface area contributed by atoms with Gasteiger partial charge in [0.1, 0.15) is 6.10 Å². The molecule has 106 valence electrons. The Kier molecular flexibility index (Phi) is 3.87. The van der Waals surface area contributed by atoms with Crippen molar-refractivity contribution in [2.24, 2.45) is 0 Å². The third kappa shape index (κ3) is 2.25. The number of benzene rings is 1. The molecule has 0 saturated heterocycles. The second kappa shape index (κ2) is 5.13. The molecule has 0 amide bonds. The van der Waals surface area contributed by atoms with E-state index in [4.69, 9.17) is 0 Å². The van der Waals surface area contributed by atoms with Crippen LogP contribution in [-0.4, -0.2) is 29.6 Å². The third-order valence-electron chi connectivity index (χ3n) is 4.23. The topological polar surface area (TPSA) is 23.5 Å². The molecule has 1 saturated carbocycles. The molecule has 1 atom stereocenters.